The molecule has 1 rings (SSSR count). The highest BCUT2D eigenvalue weighted by atomic mass is 16.5. The fourth-order valence-electron chi connectivity index (χ4n) is 1.56. The molecule has 0 spiro atoms. The van der Waals surface area contributed by atoms with E-state index in [4.69, 9.17) is 4.74 Å². The molecule has 94 valence electrons. The highest BCUT2D eigenvalue weighted by Gasteiger charge is 2.13. The van der Waals surface area contributed by atoms with Crippen molar-refractivity contribution in [2.45, 2.75) is 26.8 Å². The standard InChI is InChI=1S/C13H20N2O2/c1-5-14-13(16)10(3)15-11-8-9(2)6-7-12(11)17-4/h6-8,10,15H,5H2,1-4H3,(H,14,16)/t10-/m1/s1. The van der Waals surface area contributed by atoms with Gasteiger partial charge >= 0.3 is 0 Å². The summed E-state index contributed by atoms with van der Waals surface area (Å²) in [6.45, 7) is 6.36. The van der Waals surface area contributed by atoms with Crippen LogP contribution in [0.2, 0.25) is 0 Å². The molecule has 0 aliphatic carbocycles. The van der Waals surface area contributed by atoms with Crippen molar-refractivity contribution in [3.8, 4) is 5.75 Å². The largest absolute Gasteiger partial charge is 0.495 e. The number of hydrogen-bond acceptors (Lipinski definition) is 3. The number of aryl methyl sites for hydroxylation is 1. The smallest absolute Gasteiger partial charge is 0.242 e. The van der Waals surface area contributed by atoms with Crippen LogP contribution < -0.4 is 15.4 Å². The average Bonchev–Trinajstić information content (AvgIpc) is 2.29. The lowest BCUT2D eigenvalue weighted by atomic mass is 10.2. The van der Waals surface area contributed by atoms with Gasteiger partial charge in [-0.1, -0.05) is 6.07 Å². The van der Waals surface area contributed by atoms with Crippen molar-refractivity contribution in [2.75, 3.05) is 19.0 Å². The van der Waals surface area contributed by atoms with Gasteiger partial charge in [-0.2, -0.15) is 0 Å². The van der Waals surface area contributed by atoms with Gasteiger partial charge in [0.1, 0.15) is 11.8 Å². The van der Waals surface area contributed by atoms with Gasteiger partial charge in [0.05, 0.1) is 12.8 Å². The maximum atomic E-state index is 11.6. The van der Waals surface area contributed by atoms with Gasteiger partial charge in [-0.3, -0.25) is 4.79 Å². The quantitative estimate of drug-likeness (QED) is 0.821. The van der Waals surface area contributed by atoms with Gasteiger partial charge in [0.15, 0.2) is 0 Å². The van der Waals surface area contributed by atoms with Gasteiger partial charge in [-0.05, 0) is 38.5 Å². The van der Waals surface area contributed by atoms with Crippen LogP contribution in [0.25, 0.3) is 0 Å². The molecule has 2 N–H and O–H groups in total. The highest BCUT2D eigenvalue weighted by molar-refractivity contribution is 5.84. The number of methoxy groups -OCH3 is 1. The van der Waals surface area contributed by atoms with E-state index in [0.29, 0.717) is 6.54 Å². The zero-order valence-electron chi connectivity index (χ0n) is 10.8. The number of likely N-dealkylation sites (N-methyl/N-ethyl adjacent to an activating group) is 1. The Morgan fingerprint density at radius 2 is 2.18 bits per heavy atom. The van der Waals surface area contributed by atoms with Crippen molar-refractivity contribution in [1.29, 1.82) is 0 Å². The van der Waals surface area contributed by atoms with Crippen molar-refractivity contribution < 1.29 is 9.53 Å². The van der Waals surface area contributed by atoms with Crippen LogP contribution in [0, 0.1) is 6.92 Å². The third-order valence-electron chi connectivity index (χ3n) is 2.47. The summed E-state index contributed by atoms with van der Waals surface area (Å²) in [5, 5.41) is 5.93. The van der Waals surface area contributed by atoms with Crippen LogP contribution in [0.5, 0.6) is 5.75 Å². The summed E-state index contributed by atoms with van der Waals surface area (Å²) < 4.78 is 5.25. The van der Waals surface area contributed by atoms with Crippen LogP contribution in [0.3, 0.4) is 0 Å². The first-order chi connectivity index (χ1) is 8.08. The molecule has 0 aliphatic rings. The molecule has 0 aromatic heterocycles. The van der Waals surface area contributed by atoms with Crippen LogP contribution in [-0.4, -0.2) is 25.6 Å². The fraction of sp³-hybridized carbons (Fsp3) is 0.462. The minimum absolute atomic E-state index is 0.0175. The normalized spacial score (nSPS) is 11.8. The Hall–Kier alpha value is -1.71. The molecule has 17 heavy (non-hydrogen) atoms. The van der Waals surface area contributed by atoms with E-state index < -0.39 is 0 Å². The average molecular weight is 236 g/mol. The number of carbonyl (C=O) groups excluding carboxylic acids is 1. The van der Waals surface area contributed by atoms with Gasteiger partial charge < -0.3 is 15.4 Å². The lowest BCUT2D eigenvalue weighted by Gasteiger charge is -2.17. The summed E-state index contributed by atoms with van der Waals surface area (Å²) in [5.74, 6) is 0.725. The number of carbonyl (C=O) groups is 1. The van der Waals surface area contributed by atoms with E-state index in [0.717, 1.165) is 17.0 Å². The number of nitrogens with one attached hydrogen (secondary N) is 2. The highest BCUT2D eigenvalue weighted by Crippen LogP contribution is 2.25. The zero-order valence-corrected chi connectivity index (χ0v) is 10.8. The van der Waals surface area contributed by atoms with Crippen molar-refractivity contribution in [2.24, 2.45) is 0 Å². The van der Waals surface area contributed by atoms with Crippen molar-refractivity contribution in [3.05, 3.63) is 23.8 Å². The molecule has 0 aliphatic heterocycles. The summed E-state index contributed by atoms with van der Waals surface area (Å²) in [6, 6.07) is 5.54. The first kappa shape index (κ1) is 13.4. The van der Waals surface area contributed by atoms with Gasteiger partial charge in [0, 0.05) is 6.54 Å². The predicted molar refractivity (Wildman–Crippen MR) is 69.5 cm³/mol. The predicted octanol–water partition coefficient (Wildman–Crippen LogP) is 1.94. The topological polar surface area (TPSA) is 50.4 Å². The first-order valence-corrected chi connectivity index (χ1v) is 5.77. The van der Waals surface area contributed by atoms with E-state index in [1.54, 1.807) is 7.11 Å². The maximum Gasteiger partial charge on any atom is 0.242 e. The maximum absolute atomic E-state index is 11.6. The SMILES string of the molecule is CCNC(=O)[C@@H](C)Nc1cc(C)ccc1OC. The molecule has 4 nitrogen and oxygen atoms in total. The van der Waals surface area contributed by atoms with Crippen LogP contribution in [0.15, 0.2) is 18.2 Å². The third kappa shape index (κ3) is 3.66. The molecule has 1 atom stereocenters. The van der Waals surface area contributed by atoms with E-state index in [-0.39, 0.29) is 11.9 Å². The monoisotopic (exact) mass is 236 g/mol. The second kappa shape index (κ2) is 6.13. The van der Waals surface area contributed by atoms with E-state index in [9.17, 15) is 4.79 Å². The number of rotatable bonds is 5. The van der Waals surface area contributed by atoms with Crippen molar-refractivity contribution >= 4 is 11.6 Å². The molecule has 1 aromatic carbocycles. The van der Waals surface area contributed by atoms with Gasteiger partial charge in [0.25, 0.3) is 0 Å². The van der Waals surface area contributed by atoms with E-state index in [1.807, 2.05) is 39.0 Å². The number of ether oxygens (including phenoxy) is 1. The summed E-state index contributed by atoms with van der Waals surface area (Å²) >= 11 is 0. The molecular formula is C13H20N2O2. The van der Waals surface area contributed by atoms with Gasteiger partial charge in [-0.15, -0.1) is 0 Å². The first-order valence-electron chi connectivity index (χ1n) is 5.77. The number of hydrogen-bond donors (Lipinski definition) is 2. The summed E-state index contributed by atoms with van der Waals surface area (Å²) in [6.07, 6.45) is 0. The Morgan fingerprint density at radius 3 is 2.76 bits per heavy atom. The molecule has 0 saturated carbocycles. The van der Waals surface area contributed by atoms with E-state index in [1.165, 1.54) is 0 Å². The zero-order chi connectivity index (χ0) is 12.8. The van der Waals surface area contributed by atoms with Gasteiger partial charge in [-0.25, -0.2) is 0 Å². The van der Waals surface area contributed by atoms with Crippen molar-refractivity contribution in [3.63, 3.8) is 0 Å². The Labute approximate surface area is 102 Å². The second-order valence-corrected chi connectivity index (χ2v) is 3.96. The minimum Gasteiger partial charge on any atom is -0.495 e. The molecule has 0 bridgehead atoms. The lowest BCUT2D eigenvalue weighted by molar-refractivity contribution is -0.121. The molecule has 1 aromatic rings. The van der Waals surface area contributed by atoms with Gasteiger partial charge in [0.2, 0.25) is 5.91 Å². The Balaban J connectivity index is 2.79. The minimum atomic E-state index is -0.286. The lowest BCUT2D eigenvalue weighted by Crippen LogP contribution is -2.37. The number of amides is 1. The second-order valence-electron chi connectivity index (χ2n) is 3.96. The van der Waals surface area contributed by atoms with Crippen molar-refractivity contribution in [1.82, 2.24) is 5.32 Å². The fourth-order valence-corrected chi connectivity index (χ4v) is 1.56. The number of anilines is 1. The van der Waals surface area contributed by atoms with Crippen LogP contribution in [0.1, 0.15) is 19.4 Å². The Morgan fingerprint density at radius 1 is 1.47 bits per heavy atom. The molecule has 0 unspecified atom stereocenters. The molecule has 0 radical (unpaired) electrons. The molecule has 0 heterocycles. The molecule has 0 fully saturated rings. The molecule has 0 saturated heterocycles. The number of benzene rings is 1. The third-order valence-corrected chi connectivity index (χ3v) is 2.47. The molecule has 1 amide bonds. The van der Waals surface area contributed by atoms with E-state index >= 15 is 0 Å². The summed E-state index contributed by atoms with van der Waals surface area (Å²) in [4.78, 5) is 11.6. The van der Waals surface area contributed by atoms with Crippen LogP contribution in [0.4, 0.5) is 5.69 Å². The summed E-state index contributed by atoms with van der Waals surface area (Å²) in [7, 11) is 1.62. The summed E-state index contributed by atoms with van der Waals surface area (Å²) in [5.41, 5.74) is 1.96. The molecule has 4 heteroatoms. The van der Waals surface area contributed by atoms with Crippen LogP contribution >= 0.6 is 0 Å². The molecular weight excluding hydrogens is 216 g/mol. The Bertz CT molecular complexity index is 391. The van der Waals surface area contributed by atoms with E-state index in [2.05, 4.69) is 10.6 Å². The Kier molecular flexibility index (Phi) is 4.82. The van der Waals surface area contributed by atoms with Crippen LogP contribution in [-0.2, 0) is 4.79 Å².